The number of amides is 1. The van der Waals surface area contributed by atoms with Gasteiger partial charge in [0.15, 0.2) is 0 Å². The fraction of sp³-hybridized carbons (Fsp3) is 0.385. The molecule has 1 saturated heterocycles. The molecule has 2 aromatic carbocycles. The summed E-state index contributed by atoms with van der Waals surface area (Å²) in [6, 6.07) is 18.8. The summed E-state index contributed by atoms with van der Waals surface area (Å²) in [5.74, 6) is 0.419. The highest BCUT2D eigenvalue weighted by Gasteiger charge is 2.25. The number of hydrogen-bond donors (Lipinski definition) is 1. The van der Waals surface area contributed by atoms with Crippen LogP contribution in [0.2, 0.25) is 0 Å². The van der Waals surface area contributed by atoms with Gasteiger partial charge in [-0.1, -0.05) is 62.4 Å². The first-order valence-corrected chi connectivity index (χ1v) is 11.0. The van der Waals surface area contributed by atoms with Gasteiger partial charge in [0.1, 0.15) is 11.6 Å². The predicted molar refractivity (Wildman–Crippen MR) is 122 cm³/mol. The molecular formula is C26H31N3O. The van der Waals surface area contributed by atoms with Gasteiger partial charge in [-0.25, -0.2) is 0 Å². The van der Waals surface area contributed by atoms with E-state index in [2.05, 4.69) is 67.7 Å². The lowest BCUT2D eigenvalue weighted by Gasteiger charge is -2.32. The maximum Gasteiger partial charge on any atom is 0.266 e. The number of para-hydroxylation sites is 1. The van der Waals surface area contributed by atoms with Crippen LogP contribution in [0, 0.1) is 17.2 Å². The van der Waals surface area contributed by atoms with Crippen LogP contribution in [0.1, 0.15) is 43.4 Å². The molecule has 0 radical (unpaired) electrons. The van der Waals surface area contributed by atoms with Crippen LogP contribution < -0.4 is 5.32 Å². The number of likely N-dealkylation sites (tertiary alicyclic amines) is 1. The van der Waals surface area contributed by atoms with Crippen LogP contribution in [0.4, 0.5) is 5.69 Å². The minimum Gasteiger partial charge on any atom is -0.360 e. The lowest BCUT2D eigenvalue weighted by molar-refractivity contribution is -0.128. The molecule has 0 unspecified atom stereocenters. The van der Waals surface area contributed by atoms with Gasteiger partial charge in [0, 0.05) is 25.0 Å². The third kappa shape index (κ3) is 5.30. The van der Waals surface area contributed by atoms with Crippen molar-refractivity contribution in [2.45, 2.75) is 46.0 Å². The van der Waals surface area contributed by atoms with E-state index in [-0.39, 0.29) is 11.5 Å². The summed E-state index contributed by atoms with van der Waals surface area (Å²) in [5, 5.41) is 12.9. The average molecular weight is 402 g/mol. The first-order valence-electron chi connectivity index (χ1n) is 11.0. The number of nitrogens with one attached hydrogen (secondary N) is 1. The number of benzene rings is 2. The normalized spacial score (nSPS) is 15.0. The maximum atomic E-state index is 12.9. The molecule has 0 aliphatic carbocycles. The number of nitrogens with zero attached hydrogens (tertiary/aromatic N) is 2. The Labute approximate surface area is 180 Å². The Morgan fingerprint density at radius 2 is 1.70 bits per heavy atom. The number of rotatable bonds is 7. The largest absolute Gasteiger partial charge is 0.360 e. The van der Waals surface area contributed by atoms with E-state index >= 15 is 0 Å². The molecule has 1 aliphatic heterocycles. The Morgan fingerprint density at radius 3 is 2.27 bits per heavy atom. The van der Waals surface area contributed by atoms with E-state index in [0.29, 0.717) is 19.0 Å². The zero-order valence-electron chi connectivity index (χ0n) is 18.0. The van der Waals surface area contributed by atoms with E-state index in [0.717, 1.165) is 37.8 Å². The van der Waals surface area contributed by atoms with Gasteiger partial charge in [-0.2, -0.15) is 5.26 Å². The molecular weight excluding hydrogens is 370 g/mol. The van der Waals surface area contributed by atoms with Crippen molar-refractivity contribution >= 4 is 11.6 Å². The standard InChI is InChI=1S/C26H31N3O/c1-3-22-11-8-12-23(4-2)25(22)28-19-24(18-27)26(30)29-15-13-21(14-16-29)17-20-9-6-5-7-10-20/h5-12,19,21,28H,3-4,13-17H2,1-2H3/b24-19-. The highest BCUT2D eigenvalue weighted by molar-refractivity contribution is 5.97. The molecule has 1 N–H and O–H groups in total. The van der Waals surface area contributed by atoms with Crippen LogP contribution in [-0.2, 0) is 24.1 Å². The van der Waals surface area contributed by atoms with Crippen molar-refractivity contribution in [3.63, 3.8) is 0 Å². The van der Waals surface area contributed by atoms with E-state index in [4.69, 9.17) is 0 Å². The van der Waals surface area contributed by atoms with Gasteiger partial charge in [-0.05, 0) is 54.7 Å². The van der Waals surface area contributed by atoms with Crippen LogP contribution in [0.5, 0.6) is 0 Å². The van der Waals surface area contributed by atoms with Crippen LogP contribution in [0.25, 0.3) is 0 Å². The minimum atomic E-state index is -0.171. The van der Waals surface area contributed by atoms with Gasteiger partial charge in [-0.15, -0.1) is 0 Å². The van der Waals surface area contributed by atoms with Crippen LogP contribution in [0.15, 0.2) is 60.3 Å². The van der Waals surface area contributed by atoms with Crippen molar-refractivity contribution in [2.24, 2.45) is 5.92 Å². The second-order valence-electron chi connectivity index (χ2n) is 7.90. The summed E-state index contributed by atoms with van der Waals surface area (Å²) in [6.07, 6.45) is 6.39. The third-order valence-corrected chi connectivity index (χ3v) is 5.98. The predicted octanol–water partition coefficient (Wildman–Crippen LogP) is 5.11. The summed E-state index contributed by atoms with van der Waals surface area (Å²) in [7, 11) is 0. The topological polar surface area (TPSA) is 56.1 Å². The molecule has 1 fully saturated rings. The van der Waals surface area contributed by atoms with Gasteiger partial charge >= 0.3 is 0 Å². The van der Waals surface area contributed by atoms with Gasteiger partial charge < -0.3 is 10.2 Å². The summed E-state index contributed by atoms with van der Waals surface area (Å²) in [5.41, 5.74) is 4.92. The Kier molecular flexibility index (Phi) is 7.68. The fourth-order valence-electron chi connectivity index (χ4n) is 4.17. The summed E-state index contributed by atoms with van der Waals surface area (Å²) < 4.78 is 0. The van der Waals surface area contributed by atoms with E-state index < -0.39 is 0 Å². The first-order chi connectivity index (χ1) is 14.7. The monoisotopic (exact) mass is 401 g/mol. The van der Waals surface area contributed by atoms with E-state index in [1.165, 1.54) is 16.7 Å². The van der Waals surface area contributed by atoms with Crippen molar-refractivity contribution in [3.8, 4) is 6.07 Å². The SMILES string of the molecule is CCc1cccc(CC)c1N/C=C(/C#N)C(=O)N1CCC(Cc2ccccc2)CC1. The number of anilines is 1. The van der Waals surface area contributed by atoms with Gasteiger partial charge in [-0.3, -0.25) is 4.79 Å². The Morgan fingerprint density at radius 1 is 1.07 bits per heavy atom. The van der Waals surface area contributed by atoms with Crippen molar-refractivity contribution in [1.29, 1.82) is 5.26 Å². The molecule has 1 amide bonds. The highest BCUT2D eigenvalue weighted by atomic mass is 16.2. The minimum absolute atomic E-state index is 0.171. The average Bonchev–Trinajstić information content (AvgIpc) is 2.80. The number of aryl methyl sites for hydroxylation is 2. The molecule has 1 aliphatic rings. The molecule has 4 nitrogen and oxygen atoms in total. The summed E-state index contributed by atoms with van der Waals surface area (Å²) in [4.78, 5) is 14.7. The highest BCUT2D eigenvalue weighted by Crippen LogP contribution is 2.24. The fourth-order valence-corrected chi connectivity index (χ4v) is 4.17. The zero-order valence-corrected chi connectivity index (χ0v) is 18.0. The van der Waals surface area contributed by atoms with E-state index in [9.17, 15) is 10.1 Å². The second-order valence-corrected chi connectivity index (χ2v) is 7.90. The summed E-state index contributed by atoms with van der Waals surface area (Å²) >= 11 is 0. The van der Waals surface area contributed by atoms with Crippen LogP contribution in [0.3, 0.4) is 0 Å². The molecule has 156 valence electrons. The van der Waals surface area contributed by atoms with Crippen molar-refractivity contribution in [1.82, 2.24) is 4.90 Å². The number of piperidine rings is 1. The number of hydrogen-bond acceptors (Lipinski definition) is 3. The molecule has 0 saturated carbocycles. The Balaban J connectivity index is 1.62. The summed E-state index contributed by atoms with van der Waals surface area (Å²) in [6.45, 7) is 5.64. The van der Waals surface area contributed by atoms with E-state index in [1.807, 2.05) is 11.0 Å². The molecule has 3 rings (SSSR count). The van der Waals surface area contributed by atoms with Crippen molar-refractivity contribution in [3.05, 3.63) is 77.0 Å². The quantitative estimate of drug-likeness (QED) is 0.518. The molecule has 30 heavy (non-hydrogen) atoms. The third-order valence-electron chi connectivity index (χ3n) is 5.98. The number of carbonyl (C=O) groups is 1. The lowest BCUT2D eigenvalue weighted by Crippen LogP contribution is -2.39. The van der Waals surface area contributed by atoms with Gasteiger partial charge in [0.2, 0.25) is 0 Å². The molecule has 0 spiro atoms. The Bertz CT molecular complexity index is 897. The maximum absolute atomic E-state index is 12.9. The zero-order chi connectivity index (χ0) is 21.3. The van der Waals surface area contributed by atoms with Crippen molar-refractivity contribution in [2.75, 3.05) is 18.4 Å². The van der Waals surface area contributed by atoms with Gasteiger partial charge in [0.25, 0.3) is 5.91 Å². The van der Waals surface area contributed by atoms with Crippen LogP contribution in [-0.4, -0.2) is 23.9 Å². The molecule has 0 atom stereocenters. The molecule has 4 heteroatoms. The molecule has 0 bridgehead atoms. The Hall–Kier alpha value is -3.06. The van der Waals surface area contributed by atoms with Gasteiger partial charge in [0.05, 0.1) is 0 Å². The second kappa shape index (κ2) is 10.6. The van der Waals surface area contributed by atoms with Crippen LogP contribution >= 0.6 is 0 Å². The number of nitriles is 1. The first kappa shape index (κ1) is 21.6. The molecule has 0 aromatic heterocycles. The molecule has 1 heterocycles. The molecule has 2 aromatic rings. The lowest BCUT2D eigenvalue weighted by atomic mass is 9.90. The van der Waals surface area contributed by atoms with E-state index in [1.54, 1.807) is 6.20 Å². The number of carbonyl (C=O) groups excluding carboxylic acids is 1. The van der Waals surface area contributed by atoms with Crippen molar-refractivity contribution < 1.29 is 4.79 Å². The smallest absolute Gasteiger partial charge is 0.266 e.